The van der Waals surface area contributed by atoms with Gasteiger partial charge in [0.2, 0.25) is 0 Å². The molecule has 0 radical (unpaired) electrons. The minimum absolute atomic E-state index is 0.647. The zero-order chi connectivity index (χ0) is 13.7. The summed E-state index contributed by atoms with van der Waals surface area (Å²) in [6, 6.07) is 7.00. The third-order valence-corrected chi connectivity index (χ3v) is 3.99. The molecule has 0 amide bonds. The van der Waals surface area contributed by atoms with Crippen LogP contribution < -0.4 is 14.8 Å². The summed E-state index contributed by atoms with van der Waals surface area (Å²) in [6.45, 7) is 3.34. The Morgan fingerprint density at radius 3 is 2.63 bits per heavy atom. The van der Waals surface area contributed by atoms with Crippen LogP contribution in [0.5, 0.6) is 11.5 Å². The normalized spacial score (nSPS) is 22.5. The van der Waals surface area contributed by atoms with Gasteiger partial charge in [0.1, 0.15) is 0 Å². The summed E-state index contributed by atoms with van der Waals surface area (Å²) in [5.74, 6) is 2.30. The SMILES string of the molecule is CCCNC1CCC(c2ccc(OC)c(OC)c2)C1. The second kappa shape index (κ2) is 6.80. The summed E-state index contributed by atoms with van der Waals surface area (Å²) >= 11 is 0. The Hall–Kier alpha value is -1.22. The minimum atomic E-state index is 0.647. The Bertz CT molecular complexity index is 406. The zero-order valence-corrected chi connectivity index (χ0v) is 12.2. The Kier molecular flexibility index (Phi) is 5.08. The molecule has 1 fully saturated rings. The monoisotopic (exact) mass is 263 g/mol. The molecular formula is C16H25NO2. The number of rotatable bonds is 6. The van der Waals surface area contributed by atoms with Crippen molar-refractivity contribution >= 4 is 0 Å². The van der Waals surface area contributed by atoms with Crippen molar-refractivity contribution in [3.8, 4) is 11.5 Å². The highest BCUT2D eigenvalue weighted by molar-refractivity contribution is 5.44. The molecule has 3 nitrogen and oxygen atoms in total. The van der Waals surface area contributed by atoms with E-state index in [9.17, 15) is 0 Å². The first-order valence-electron chi connectivity index (χ1n) is 7.23. The predicted octanol–water partition coefficient (Wildman–Crippen LogP) is 3.34. The van der Waals surface area contributed by atoms with Crippen molar-refractivity contribution in [1.82, 2.24) is 5.32 Å². The molecule has 1 saturated carbocycles. The lowest BCUT2D eigenvalue weighted by molar-refractivity contribution is 0.354. The van der Waals surface area contributed by atoms with Gasteiger partial charge in [-0.1, -0.05) is 13.0 Å². The van der Waals surface area contributed by atoms with E-state index in [1.54, 1.807) is 14.2 Å². The van der Waals surface area contributed by atoms with Crippen LogP contribution in [0.2, 0.25) is 0 Å². The minimum Gasteiger partial charge on any atom is -0.493 e. The molecule has 0 spiro atoms. The van der Waals surface area contributed by atoms with Crippen molar-refractivity contribution in [1.29, 1.82) is 0 Å². The molecule has 2 atom stereocenters. The topological polar surface area (TPSA) is 30.5 Å². The molecule has 2 rings (SSSR count). The van der Waals surface area contributed by atoms with Crippen molar-refractivity contribution in [2.24, 2.45) is 0 Å². The van der Waals surface area contributed by atoms with E-state index in [1.165, 1.54) is 31.2 Å². The van der Waals surface area contributed by atoms with Crippen LogP contribution in [0.15, 0.2) is 18.2 Å². The Morgan fingerprint density at radius 1 is 1.16 bits per heavy atom. The molecule has 3 heteroatoms. The van der Waals surface area contributed by atoms with Crippen molar-refractivity contribution in [2.75, 3.05) is 20.8 Å². The first-order valence-corrected chi connectivity index (χ1v) is 7.23. The molecule has 1 aromatic carbocycles. The maximum Gasteiger partial charge on any atom is 0.160 e. The molecule has 0 bridgehead atoms. The number of nitrogens with one attached hydrogen (secondary N) is 1. The van der Waals surface area contributed by atoms with Crippen LogP contribution in [-0.4, -0.2) is 26.8 Å². The van der Waals surface area contributed by atoms with Gasteiger partial charge in [-0.2, -0.15) is 0 Å². The highest BCUT2D eigenvalue weighted by Gasteiger charge is 2.25. The average molecular weight is 263 g/mol. The summed E-state index contributed by atoms with van der Waals surface area (Å²) in [5.41, 5.74) is 1.37. The molecule has 0 aromatic heterocycles. The van der Waals surface area contributed by atoms with Crippen molar-refractivity contribution < 1.29 is 9.47 Å². The maximum atomic E-state index is 5.39. The van der Waals surface area contributed by atoms with Gasteiger partial charge in [0, 0.05) is 6.04 Å². The maximum absolute atomic E-state index is 5.39. The summed E-state index contributed by atoms with van der Waals surface area (Å²) in [7, 11) is 3.37. The first kappa shape index (κ1) is 14.2. The van der Waals surface area contributed by atoms with Crippen molar-refractivity contribution in [3.63, 3.8) is 0 Å². The van der Waals surface area contributed by atoms with Gasteiger partial charge < -0.3 is 14.8 Å². The van der Waals surface area contributed by atoms with Gasteiger partial charge in [-0.15, -0.1) is 0 Å². The second-order valence-corrected chi connectivity index (χ2v) is 5.28. The Morgan fingerprint density at radius 2 is 1.95 bits per heavy atom. The molecule has 1 N–H and O–H groups in total. The number of hydrogen-bond acceptors (Lipinski definition) is 3. The van der Waals surface area contributed by atoms with Crippen LogP contribution in [0.4, 0.5) is 0 Å². The van der Waals surface area contributed by atoms with Crippen LogP contribution in [0.25, 0.3) is 0 Å². The van der Waals surface area contributed by atoms with Gasteiger partial charge in [-0.05, 0) is 55.8 Å². The molecule has 1 aromatic rings. The largest absolute Gasteiger partial charge is 0.493 e. The molecule has 2 unspecified atom stereocenters. The lowest BCUT2D eigenvalue weighted by Crippen LogP contribution is -2.26. The molecule has 0 aliphatic heterocycles. The van der Waals surface area contributed by atoms with Crippen molar-refractivity contribution in [2.45, 2.75) is 44.6 Å². The summed E-state index contributed by atoms with van der Waals surface area (Å²) in [4.78, 5) is 0. The Labute approximate surface area is 116 Å². The molecule has 0 heterocycles. The van der Waals surface area contributed by atoms with Crippen LogP contribution >= 0.6 is 0 Å². The van der Waals surface area contributed by atoms with Crippen LogP contribution in [0, 0.1) is 0 Å². The number of methoxy groups -OCH3 is 2. The van der Waals surface area contributed by atoms with E-state index in [4.69, 9.17) is 9.47 Å². The highest BCUT2D eigenvalue weighted by atomic mass is 16.5. The molecule has 19 heavy (non-hydrogen) atoms. The lowest BCUT2D eigenvalue weighted by Gasteiger charge is -2.15. The van der Waals surface area contributed by atoms with Crippen LogP contribution in [0.3, 0.4) is 0 Å². The zero-order valence-electron chi connectivity index (χ0n) is 12.2. The van der Waals surface area contributed by atoms with E-state index in [1.807, 2.05) is 6.07 Å². The van der Waals surface area contributed by atoms with Gasteiger partial charge in [0.05, 0.1) is 14.2 Å². The summed E-state index contributed by atoms with van der Waals surface area (Å²) < 4.78 is 10.7. The van der Waals surface area contributed by atoms with Gasteiger partial charge in [-0.25, -0.2) is 0 Å². The number of ether oxygens (including phenoxy) is 2. The second-order valence-electron chi connectivity index (χ2n) is 5.28. The van der Waals surface area contributed by atoms with E-state index in [0.717, 1.165) is 18.0 Å². The van der Waals surface area contributed by atoms with E-state index >= 15 is 0 Å². The summed E-state index contributed by atoms with van der Waals surface area (Å²) in [5, 5.41) is 3.63. The standard InChI is InChI=1S/C16H25NO2/c1-4-9-17-14-7-5-12(10-14)13-6-8-15(18-2)16(11-13)19-3/h6,8,11-12,14,17H,4-5,7,9-10H2,1-3H3. The van der Waals surface area contributed by atoms with Gasteiger partial charge in [-0.3, -0.25) is 0 Å². The third kappa shape index (κ3) is 3.41. The van der Waals surface area contributed by atoms with E-state index in [0.29, 0.717) is 12.0 Å². The number of benzene rings is 1. The quantitative estimate of drug-likeness (QED) is 0.854. The average Bonchev–Trinajstić information content (AvgIpc) is 2.93. The first-order chi connectivity index (χ1) is 9.28. The predicted molar refractivity (Wildman–Crippen MR) is 78.2 cm³/mol. The fraction of sp³-hybridized carbons (Fsp3) is 0.625. The number of hydrogen-bond donors (Lipinski definition) is 1. The fourth-order valence-electron chi connectivity index (χ4n) is 2.92. The van der Waals surface area contributed by atoms with E-state index in [-0.39, 0.29) is 0 Å². The van der Waals surface area contributed by atoms with Gasteiger partial charge in [0.25, 0.3) is 0 Å². The molecule has 1 aliphatic carbocycles. The smallest absolute Gasteiger partial charge is 0.160 e. The molecule has 106 valence electrons. The van der Waals surface area contributed by atoms with Gasteiger partial charge >= 0.3 is 0 Å². The summed E-state index contributed by atoms with van der Waals surface area (Å²) in [6.07, 6.45) is 4.98. The molecule has 1 aliphatic rings. The third-order valence-electron chi connectivity index (χ3n) is 3.99. The van der Waals surface area contributed by atoms with Crippen LogP contribution in [0.1, 0.15) is 44.1 Å². The molecular weight excluding hydrogens is 238 g/mol. The van der Waals surface area contributed by atoms with Gasteiger partial charge in [0.15, 0.2) is 11.5 Å². The fourth-order valence-corrected chi connectivity index (χ4v) is 2.92. The lowest BCUT2D eigenvalue weighted by atomic mass is 9.97. The molecule has 0 saturated heterocycles. The van der Waals surface area contributed by atoms with E-state index in [2.05, 4.69) is 24.4 Å². The van der Waals surface area contributed by atoms with Crippen molar-refractivity contribution in [3.05, 3.63) is 23.8 Å². The van der Waals surface area contributed by atoms with E-state index < -0.39 is 0 Å². The Balaban J connectivity index is 2.03. The van der Waals surface area contributed by atoms with Crippen LogP contribution in [-0.2, 0) is 0 Å². The highest BCUT2D eigenvalue weighted by Crippen LogP contribution is 2.38.